The third kappa shape index (κ3) is 5.35. The number of aliphatic carboxylic acids is 1. The second kappa shape index (κ2) is 7.84. The second-order valence-corrected chi connectivity index (χ2v) is 6.35. The maximum absolute atomic E-state index is 10.7. The van der Waals surface area contributed by atoms with Crippen molar-refractivity contribution in [3.8, 4) is 0 Å². The third-order valence-electron chi connectivity index (χ3n) is 3.43. The quantitative estimate of drug-likeness (QED) is 0.807. The number of aryl methyl sites for hydroxylation is 1. The van der Waals surface area contributed by atoms with Gasteiger partial charge in [-0.1, -0.05) is 6.92 Å². The van der Waals surface area contributed by atoms with Crippen LogP contribution in [0.3, 0.4) is 0 Å². The summed E-state index contributed by atoms with van der Waals surface area (Å²) in [6.45, 7) is 6.06. The van der Waals surface area contributed by atoms with E-state index in [0.29, 0.717) is 13.2 Å². The average molecular weight is 313 g/mol. The summed E-state index contributed by atoms with van der Waals surface area (Å²) in [5, 5.41) is 12.1. The Balaban J connectivity index is 1.81. The molecule has 1 unspecified atom stereocenters. The van der Waals surface area contributed by atoms with E-state index in [4.69, 9.17) is 9.84 Å². The number of carbonyl (C=O) groups is 1. The van der Waals surface area contributed by atoms with Crippen LogP contribution in [0.2, 0.25) is 0 Å². The lowest BCUT2D eigenvalue weighted by Gasteiger charge is -2.34. The first-order valence-electron chi connectivity index (χ1n) is 7.24. The molecule has 6 nitrogen and oxygen atoms in total. The highest BCUT2D eigenvalue weighted by molar-refractivity contribution is 7.09. The normalized spacial score (nSPS) is 20.0. The molecule has 2 rings (SSSR count). The Morgan fingerprint density at radius 2 is 2.48 bits per heavy atom. The molecule has 21 heavy (non-hydrogen) atoms. The standard InChI is InChI=1S/C14H23N3O3S/c1-3-13-15-11(10-21-13)6-17-4-5-20-12(8-17)7-16(2)9-14(18)19/h10,12H,3-9H2,1-2H3,(H,18,19). The Morgan fingerprint density at radius 1 is 1.67 bits per heavy atom. The topological polar surface area (TPSA) is 65.9 Å². The molecule has 1 atom stereocenters. The van der Waals surface area contributed by atoms with E-state index in [0.717, 1.165) is 31.7 Å². The largest absolute Gasteiger partial charge is 0.480 e. The van der Waals surface area contributed by atoms with E-state index >= 15 is 0 Å². The number of aromatic nitrogens is 1. The van der Waals surface area contributed by atoms with Crippen LogP contribution in [0.15, 0.2) is 5.38 Å². The highest BCUT2D eigenvalue weighted by Crippen LogP contribution is 2.14. The van der Waals surface area contributed by atoms with E-state index in [9.17, 15) is 4.79 Å². The molecule has 1 aliphatic heterocycles. The fourth-order valence-corrected chi connectivity index (χ4v) is 3.23. The highest BCUT2D eigenvalue weighted by Gasteiger charge is 2.22. The van der Waals surface area contributed by atoms with Gasteiger partial charge < -0.3 is 9.84 Å². The molecule has 1 aromatic rings. The van der Waals surface area contributed by atoms with Gasteiger partial charge in [-0.25, -0.2) is 4.98 Å². The molecule has 0 spiro atoms. The van der Waals surface area contributed by atoms with Crippen molar-refractivity contribution >= 4 is 17.3 Å². The monoisotopic (exact) mass is 313 g/mol. The molecule has 1 aromatic heterocycles. The summed E-state index contributed by atoms with van der Waals surface area (Å²) in [6, 6.07) is 0. The number of hydrogen-bond donors (Lipinski definition) is 1. The first-order valence-corrected chi connectivity index (χ1v) is 8.12. The van der Waals surface area contributed by atoms with Crippen LogP contribution in [0.25, 0.3) is 0 Å². The van der Waals surface area contributed by atoms with Crippen LogP contribution in [-0.2, 0) is 22.5 Å². The molecule has 0 amide bonds. The van der Waals surface area contributed by atoms with Crippen molar-refractivity contribution in [1.82, 2.24) is 14.8 Å². The number of nitrogens with zero attached hydrogens (tertiary/aromatic N) is 3. The predicted octanol–water partition coefficient (Wildman–Crippen LogP) is 0.923. The van der Waals surface area contributed by atoms with Crippen molar-refractivity contribution in [2.75, 3.05) is 39.8 Å². The van der Waals surface area contributed by atoms with E-state index in [1.54, 1.807) is 16.2 Å². The highest BCUT2D eigenvalue weighted by atomic mass is 32.1. The summed E-state index contributed by atoms with van der Waals surface area (Å²) < 4.78 is 5.73. The van der Waals surface area contributed by atoms with E-state index in [1.165, 1.54) is 5.01 Å². The Bertz CT molecular complexity index is 466. The van der Waals surface area contributed by atoms with Crippen molar-refractivity contribution in [3.05, 3.63) is 16.1 Å². The lowest BCUT2D eigenvalue weighted by Crippen LogP contribution is -2.47. The Morgan fingerprint density at radius 3 is 3.14 bits per heavy atom. The molecule has 1 fully saturated rings. The van der Waals surface area contributed by atoms with Gasteiger partial charge >= 0.3 is 5.97 Å². The van der Waals surface area contributed by atoms with Crippen LogP contribution in [0.4, 0.5) is 0 Å². The number of thiazole rings is 1. The second-order valence-electron chi connectivity index (χ2n) is 5.40. The zero-order valence-corrected chi connectivity index (χ0v) is 13.4. The van der Waals surface area contributed by atoms with Gasteiger partial charge in [0.2, 0.25) is 0 Å². The number of carboxylic acid groups (broad SMARTS) is 1. The van der Waals surface area contributed by atoms with Crippen molar-refractivity contribution in [3.63, 3.8) is 0 Å². The zero-order valence-electron chi connectivity index (χ0n) is 12.6. The smallest absolute Gasteiger partial charge is 0.317 e. The number of rotatable bonds is 7. The molecule has 1 N–H and O–H groups in total. The Hall–Kier alpha value is -1.02. The molecule has 0 saturated carbocycles. The van der Waals surface area contributed by atoms with Crippen molar-refractivity contribution < 1.29 is 14.6 Å². The molecule has 0 aromatic carbocycles. The number of morpholine rings is 1. The number of ether oxygens (including phenoxy) is 1. The van der Waals surface area contributed by atoms with E-state index in [1.807, 2.05) is 7.05 Å². The summed E-state index contributed by atoms with van der Waals surface area (Å²) in [5.74, 6) is -0.806. The SMILES string of the molecule is CCc1nc(CN2CCOC(CN(C)CC(=O)O)C2)cs1. The minimum absolute atomic E-state index is 0.0474. The lowest BCUT2D eigenvalue weighted by atomic mass is 10.2. The predicted molar refractivity (Wildman–Crippen MR) is 81.6 cm³/mol. The van der Waals surface area contributed by atoms with Gasteiger partial charge in [-0.2, -0.15) is 0 Å². The molecule has 1 aliphatic rings. The van der Waals surface area contributed by atoms with Gasteiger partial charge in [0.05, 0.1) is 30.0 Å². The van der Waals surface area contributed by atoms with Crippen LogP contribution in [0.1, 0.15) is 17.6 Å². The lowest BCUT2D eigenvalue weighted by molar-refractivity contribution is -0.138. The number of carboxylic acids is 1. The molecule has 0 bridgehead atoms. The van der Waals surface area contributed by atoms with Gasteiger partial charge in [0.25, 0.3) is 0 Å². The molecule has 118 valence electrons. The molecule has 0 radical (unpaired) electrons. The summed E-state index contributed by atoms with van der Waals surface area (Å²) >= 11 is 1.71. The molecular formula is C14H23N3O3S. The van der Waals surface area contributed by atoms with Gasteiger partial charge in [0, 0.05) is 31.6 Å². The van der Waals surface area contributed by atoms with Crippen LogP contribution in [-0.4, -0.2) is 71.8 Å². The van der Waals surface area contributed by atoms with Crippen molar-refractivity contribution in [2.45, 2.75) is 26.0 Å². The van der Waals surface area contributed by atoms with Crippen LogP contribution in [0, 0.1) is 0 Å². The maximum Gasteiger partial charge on any atom is 0.317 e. The van der Waals surface area contributed by atoms with Gasteiger partial charge in [0.1, 0.15) is 0 Å². The minimum atomic E-state index is -0.806. The van der Waals surface area contributed by atoms with Crippen LogP contribution < -0.4 is 0 Å². The van der Waals surface area contributed by atoms with E-state index in [-0.39, 0.29) is 12.6 Å². The molecular weight excluding hydrogens is 290 g/mol. The molecule has 7 heteroatoms. The summed E-state index contributed by atoms with van der Waals surface area (Å²) in [6.07, 6.45) is 1.04. The zero-order chi connectivity index (χ0) is 15.2. The molecule has 1 saturated heterocycles. The molecule has 2 heterocycles. The summed E-state index contributed by atoms with van der Waals surface area (Å²) in [4.78, 5) is 19.4. The minimum Gasteiger partial charge on any atom is -0.480 e. The number of likely N-dealkylation sites (N-methyl/N-ethyl adjacent to an activating group) is 1. The Kier molecular flexibility index (Phi) is 6.10. The van der Waals surface area contributed by atoms with Crippen LogP contribution >= 0.6 is 11.3 Å². The van der Waals surface area contributed by atoms with Crippen LogP contribution in [0.5, 0.6) is 0 Å². The van der Waals surface area contributed by atoms with Gasteiger partial charge in [-0.3, -0.25) is 14.6 Å². The molecule has 0 aliphatic carbocycles. The van der Waals surface area contributed by atoms with Gasteiger partial charge in [0.15, 0.2) is 0 Å². The average Bonchev–Trinajstić information content (AvgIpc) is 2.85. The summed E-state index contributed by atoms with van der Waals surface area (Å²) in [7, 11) is 1.81. The maximum atomic E-state index is 10.7. The number of hydrogen-bond acceptors (Lipinski definition) is 6. The Labute approximate surface area is 129 Å². The van der Waals surface area contributed by atoms with E-state index in [2.05, 4.69) is 22.2 Å². The first kappa shape index (κ1) is 16.4. The van der Waals surface area contributed by atoms with Crippen molar-refractivity contribution in [1.29, 1.82) is 0 Å². The fourth-order valence-electron chi connectivity index (χ4n) is 2.49. The first-order chi connectivity index (χ1) is 10.1. The van der Waals surface area contributed by atoms with Crippen molar-refractivity contribution in [2.24, 2.45) is 0 Å². The van der Waals surface area contributed by atoms with Gasteiger partial charge in [-0.15, -0.1) is 11.3 Å². The van der Waals surface area contributed by atoms with E-state index < -0.39 is 5.97 Å². The third-order valence-corrected chi connectivity index (χ3v) is 4.47. The fraction of sp³-hybridized carbons (Fsp3) is 0.714. The summed E-state index contributed by atoms with van der Waals surface area (Å²) in [5.41, 5.74) is 1.12. The van der Waals surface area contributed by atoms with Gasteiger partial charge in [-0.05, 0) is 13.5 Å².